The van der Waals surface area contributed by atoms with Crippen molar-refractivity contribution >= 4 is 43.5 Å². The smallest absolute Gasteiger partial charge is 0.348 e. The number of benzene rings is 3. The van der Waals surface area contributed by atoms with Crippen molar-refractivity contribution in [1.29, 1.82) is 0 Å². The third-order valence-corrected chi connectivity index (χ3v) is 4.62. The molecule has 6 heteroatoms. The zero-order valence-corrected chi connectivity index (χ0v) is 13.0. The molecule has 0 fully saturated rings. The molecule has 124 valence electrons. The molecular formula is C20H8O6. The molecule has 2 N–H and O–H groups in total. The number of phenolic OH excluding ortho intramolecular Hbond substituents is 2. The fourth-order valence-electron chi connectivity index (χ4n) is 3.55. The molecular weight excluding hydrogens is 336 g/mol. The second kappa shape index (κ2) is 4.55. The van der Waals surface area contributed by atoms with Gasteiger partial charge in [-0.1, -0.05) is 18.1 Å². The minimum Gasteiger partial charge on any atom is -0.507 e. The molecule has 0 aliphatic carbocycles. The van der Waals surface area contributed by atoms with Crippen LogP contribution in [0.25, 0.3) is 43.5 Å². The van der Waals surface area contributed by atoms with Crippen LogP contribution in [0.5, 0.6) is 11.5 Å². The summed E-state index contributed by atoms with van der Waals surface area (Å²) in [4.78, 5) is 25.1. The summed E-state index contributed by atoms with van der Waals surface area (Å²) in [5.41, 5.74) is -1.09. The summed E-state index contributed by atoms with van der Waals surface area (Å²) in [5.74, 6) is 1.85. The average Bonchev–Trinajstić information content (AvgIpc) is 2.63. The van der Waals surface area contributed by atoms with Crippen LogP contribution in [0.2, 0.25) is 0 Å². The Morgan fingerprint density at radius 1 is 0.846 bits per heavy atom. The molecule has 2 heterocycles. The molecule has 0 unspecified atom stereocenters. The lowest BCUT2D eigenvalue weighted by molar-refractivity contribution is 0.475. The zero-order chi connectivity index (χ0) is 18.2. The van der Waals surface area contributed by atoms with Crippen molar-refractivity contribution in [3.05, 3.63) is 56.7 Å². The van der Waals surface area contributed by atoms with Gasteiger partial charge in [-0.15, -0.1) is 6.42 Å². The van der Waals surface area contributed by atoms with Gasteiger partial charge in [0.2, 0.25) is 0 Å². The third-order valence-electron chi connectivity index (χ3n) is 4.62. The van der Waals surface area contributed by atoms with Crippen molar-refractivity contribution in [2.75, 3.05) is 0 Å². The SMILES string of the molecule is C#Cc1ccc2oc(=O)c3c(O)c4cccc(O)c4c4oc(=O)c1c2c34. The topological polar surface area (TPSA) is 101 Å². The van der Waals surface area contributed by atoms with Crippen LogP contribution in [0, 0.1) is 12.3 Å². The normalized spacial score (nSPS) is 11.7. The van der Waals surface area contributed by atoms with E-state index in [2.05, 4.69) is 5.92 Å². The summed E-state index contributed by atoms with van der Waals surface area (Å²) in [7, 11) is 0. The molecule has 0 saturated heterocycles. The lowest BCUT2D eigenvalue weighted by atomic mass is 9.96. The number of hydrogen-bond acceptors (Lipinski definition) is 6. The molecule has 0 spiro atoms. The Balaban J connectivity index is 2.33. The number of hydrogen-bond donors (Lipinski definition) is 2. The molecule has 2 aromatic heterocycles. The van der Waals surface area contributed by atoms with E-state index in [0.717, 1.165) is 0 Å². The van der Waals surface area contributed by atoms with Crippen molar-refractivity contribution in [3.63, 3.8) is 0 Å². The van der Waals surface area contributed by atoms with E-state index in [1.165, 1.54) is 30.3 Å². The van der Waals surface area contributed by atoms with Crippen molar-refractivity contribution in [2.45, 2.75) is 0 Å². The van der Waals surface area contributed by atoms with Gasteiger partial charge in [0.05, 0.1) is 10.8 Å². The Hall–Kier alpha value is -3.98. The minimum atomic E-state index is -0.783. The second-order valence-corrected chi connectivity index (χ2v) is 5.91. The summed E-state index contributed by atoms with van der Waals surface area (Å²) in [6.07, 6.45) is 5.48. The van der Waals surface area contributed by atoms with Crippen molar-refractivity contribution in [1.82, 2.24) is 0 Å². The van der Waals surface area contributed by atoms with E-state index >= 15 is 0 Å². The maximum absolute atomic E-state index is 12.6. The number of fused-ring (bicyclic) bond motifs is 2. The third kappa shape index (κ3) is 1.52. The fourth-order valence-corrected chi connectivity index (χ4v) is 3.55. The van der Waals surface area contributed by atoms with E-state index in [1.807, 2.05) is 0 Å². The first-order valence-corrected chi connectivity index (χ1v) is 7.62. The monoisotopic (exact) mass is 344 g/mol. The average molecular weight is 344 g/mol. The lowest BCUT2D eigenvalue weighted by Crippen LogP contribution is -2.08. The Kier molecular flexibility index (Phi) is 2.52. The molecule has 5 rings (SSSR count). The van der Waals surface area contributed by atoms with E-state index in [-0.39, 0.29) is 60.5 Å². The summed E-state index contributed by atoms with van der Waals surface area (Å²) in [5, 5.41) is 21.7. The predicted octanol–water partition coefficient (Wildman–Crippen LogP) is 3.04. The standard InChI is InChI=1S/C20H8O6/c1-2-8-6-7-11-14-12(8)19(23)26-18-13-9(4-3-5-10(13)21)17(22)16(15(14)18)20(24)25-11/h1,3-7,21-22H. The van der Waals surface area contributed by atoms with E-state index in [4.69, 9.17) is 15.3 Å². The van der Waals surface area contributed by atoms with Crippen LogP contribution in [-0.4, -0.2) is 10.2 Å². The first-order chi connectivity index (χ1) is 12.5. The highest BCUT2D eigenvalue weighted by Crippen LogP contribution is 2.44. The van der Waals surface area contributed by atoms with Crippen molar-refractivity contribution < 1.29 is 19.0 Å². The van der Waals surface area contributed by atoms with Crippen LogP contribution in [-0.2, 0) is 0 Å². The van der Waals surface area contributed by atoms with Gasteiger partial charge in [-0.25, -0.2) is 9.59 Å². The molecule has 0 atom stereocenters. The van der Waals surface area contributed by atoms with Gasteiger partial charge in [0.15, 0.2) is 5.58 Å². The highest BCUT2D eigenvalue weighted by Gasteiger charge is 2.25. The number of phenols is 2. The van der Waals surface area contributed by atoms with Gasteiger partial charge in [-0.2, -0.15) is 0 Å². The molecule has 0 bridgehead atoms. The number of aromatic hydroxyl groups is 2. The van der Waals surface area contributed by atoms with Gasteiger partial charge in [-0.3, -0.25) is 0 Å². The van der Waals surface area contributed by atoms with Gasteiger partial charge in [0.25, 0.3) is 0 Å². The van der Waals surface area contributed by atoms with Crippen LogP contribution in [0.3, 0.4) is 0 Å². The highest BCUT2D eigenvalue weighted by molar-refractivity contribution is 6.28. The molecule has 0 radical (unpaired) electrons. The molecule has 6 nitrogen and oxygen atoms in total. The van der Waals surface area contributed by atoms with Crippen molar-refractivity contribution in [2.24, 2.45) is 0 Å². The van der Waals surface area contributed by atoms with E-state index in [9.17, 15) is 19.8 Å². The largest absolute Gasteiger partial charge is 0.507 e. The molecule has 0 amide bonds. The summed E-state index contributed by atoms with van der Waals surface area (Å²) < 4.78 is 10.8. The lowest BCUT2D eigenvalue weighted by Gasteiger charge is -2.13. The molecule has 5 aromatic rings. The Labute approximate surface area is 143 Å². The molecule has 26 heavy (non-hydrogen) atoms. The van der Waals surface area contributed by atoms with Gasteiger partial charge in [0, 0.05) is 21.7 Å². The van der Waals surface area contributed by atoms with Gasteiger partial charge < -0.3 is 19.0 Å². The summed E-state index contributed by atoms with van der Waals surface area (Å²) >= 11 is 0. The van der Waals surface area contributed by atoms with Crippen LogP contribution in [0.1, 0.15) is 5.56 Å². The minimum absolute atomic E-state index is 0.00419. The Bertz CT molecular complexity index is 1550. The van der Waals surface area contributed by atoms with Gasteiger partial charge >= 0.3 is 11.3 Å². The maximum atomic E-state index is 12.6. The van der Waals surface area contributed by atoms with Gasteiger partial charge in [-0.05, 0) is 18.2 Å². The first-order valence-electron chi connectivity index (χ1n) is 7.62. The maximum Gasteiger partial charge on any atom is 0.348 e. The van der Waals surface area contributed by atoms with Crippen molar-refractivity contribution in [3.8, 4) is 23.8 Å². The summed E-state index contributed by atoms with van der Waals surface area (Å²) in [6.45, 7) is 0. The second-order valence-electron chi connectivity index (χ2n) is 5.91. The summed E-state index contributed by atoms with van der Waals surface area (Å²) in [6, 6.07) is 7.38. The predicted molar refractivity (Wildman–Crippen MR) is 96.0 cm³/mol. The highest BCUT2D eigenvalue weighted by atomic mass is 16.4. The molecule has 0 aliphatic heterocycles. The Morgan fingerprint density at radius 3 is 2.38 bits per heavy atom. The van der Waals surface area contributed by atoms with E-state index in [1.54, 1.807) is 0 Å². The first kappa shape index (κ1) is 14.4. The fraction of sp³-hybridized carbons (Fsp3) is 0. The molecule has 3 aromatic carbocycles. The number of terminal acetylenes is 1. The Morgan fingerprint density at radius 2 is 1.62 bits per heavy atom. The van der Waals surface area contributed by atoms with Crippen LogP contribution in [0.4, 0.5) is 0 Å². The molecule has 0 aliphatic rings. The quantitative estimate of drug-likeness (QED) is 0.194. The van der Waals surface area contributed by atoms with E-state index < -0.39 is 11.3 Å². The van der Waals surface area contributed by atoms with Crippen LogP contribution >= 0.6 is 0 Å². The van der Waals surface area contributed by atoms with Gasteiger partial charge in [0.1, 0.15) is 22.5 Å². The van der Waals surface area contributed by atoms with Crippen LogP contribution in [0.15, 0.2) is 48.8 Å². The van der Waals surface area contributed by atoms with E-state index in [0.29, 0.717) is 0 Å². The number of rotatable bonds is 0. The molecule has 0 saturated carbocycles. The zero-order valence-electron chi connectivity index (χ0n) is 13.0. The van der Waals surface area contributed by atoms with Crippen LogP contribution < -0.4 is 11.3 Å².